The summed E-state index contributed by atoms with van der Waals surface area (Å²) in [6.07, 6.45) is 1.56. The molecule has 0 fully saturated rings. The molecule has 0 aliphatic carbocycles. The molecule has 110 valence electrons. The molecule has 0 atom stereocenters. The monoisotopic (exact) mass is 284 g/mol. The number of amides is 1. The topological polar surface area (TPSA) is 42.4 Å². The van der Waals surface area contributed by atoms with E-state index in [9.17, 15) is 4.79 Å². The molecule has 0 aliphatic rings. The minimum atomic E-state index is -0.0241. The minimum absolute atomic E-state index is 0.0241. The second kappa shape index (κ2) is 6.88. The van der Waals surface area contributed by atoms with Gasteiger partial charge in [0.15, 0.2) is 0 Å². The van der Waals surface area contributed by atoms with E-state index in [0.717, 1.165) is 5.56 Å². The molecular formula is C17H20N2O2. The van der Waals surface area contributed by atoms with Gasteiger partial charge >= 0.3 is 0 Å². The van der Waals surface area contributed by atoms with Gasteiger partial charge in [-0.3, -0.25) is 4.79 Å². The van der Waals surface area contributed by atoms with Gasteiger partial charge in [0.1, 0.15) is 0 Å². The van der Waals surface area contributed by atoms with Crippen LogP contribution >= 0.6 is 0 Å². The first kappa shape index (κ1) is 15.0. The van der Waals surface area contributed by atoms with Crippen molar-refractivity contribution in [3.8, 4) is 5.88 Å². The smallest absolute Gasteiger partial charge is 0.255 e. The molecule has 1 aromatic heterocycles. The molecule has 0 radical (unpaired) electrons. The molecule has 0 saturated heterocycles. The first-order valence-corrected chi connectivity index (χ1v) is 6.96. The Balaban J connectivity index is 2.18. The van der Waals surface area contributed by atoms with Gasteiger partial charge in [0.2, 0.25) is 5.88 Å². The molecule has 0 spiro atoms. The van der Waals surface area contributed by atoms with Crippen molar-refractivity contribution in [1.82, 2.24) is 9.88 Å². The van der Waals surface area contributed by atoms with Crippen molar-refractivity contribution < 1.29 is 9.53 Å². The highest BCUT2D eigenvalue weighted by atomic mass is 16.5. The van der Waals surface area contributed by atoms with Crippen molar-refractivity contribution in [2.45, 2.75) is 26.4 Å². The quantitative estimate of drug-likeness (QED) is 0.847. The van der Waals surface area contributed by atoms with E-state index >= 15 is 0 Å². The van der Waals surface area contributed by atoms with Crippen LogP contribution in [0.15, 0.2) is 48.7 Å². The molecule has 4 heteroatoms. The number of hydrogen-bond donors (Lipinski definition) is 0. The van der Waals surface area contributed by atoms with Gasteiger partial charge in [-0.25, -0.2) is 4.98 Å². The maximum atomic E-state index is 12.6. The summed E-state index contributed by atoms with van der Waals surface area (Å²) < 4.78 is 5.02. The first-order valence-electron chi connectivity index (χ1n) is 6.96. The lowest BCUT2D eigenvalue weighted by Crippen LogP contribution is -2.36. The lowest BCUT2D eigenvalue weighted by molar-refractivity contribution is 0.0690. The van der Waals surface area contributed by atoms with Gasteiger partial charge in [0.25, 0.3) is 5.91 Å². The van der Waals surface area contributed by atoms with Crippen LogP contribution in [0.5, 0.6) is 5.88 Å². The van der Waals surface area contributed by atoms with Crippen molar-refractivity contribution in [2.24, 2.45) is 0 Å². The lowest BCUT2D eigenvalue weighted by Gasteiger charge is -2.27. The third kappa shape index (κ3) is 3.81. The Hall–Kier alpha value is -2.36. The van der Waals surface area contributed by atoms with Gasteiger partial charge in [0, 0.05) is 24.8 Å². The molecule has 0 bridgehead atoms. The highest BCUT2D eigenvalue weighted by Gasteiger charge is 2.19. The van der Waals surface area contributed by atoms with E-state index in [4.69, 9.17) is 4.74 Å². The average molecular weight is 284 g/mol. The molecular weight excluding hydrogens is 264 g/mol. The number of nitrogens with zero attached hydrogens (tertiary/aromatic N) is 2. The van der Waals surface area contributed by atoms with Crippen molar-refractivity contribution in [1.29, 1.82) is 0 Å². The van der Waals surface area contributed by atoms with Crippen LogP contribution in [0.25, 0.3) is 0 Å². The zero-order valence-electron chi connectivity index (χ0n) is 12.6. The molecule has 2 aromatic rings. The maximum Gasteiger partial charge on any atom is 0.255 e. The van der Waals surface area contributed by atoms with E-state index in [1.807, 2.05) is 49.1 Å². The average Bonchev–Trinajstić information content (AvgIpc) is 2.53. The fraction of sp³-hybridized carbons (Fsp3) is 0.294. The maximum absolute atomic E-state index is 12.6. The lowest BCUT2D eigenvalue weighted by atomic mass is 10.1. The Morgan fingerprint density at radius 3 is 2.43 bits per heavy atom. The third-order valence-corrected chi connectivity index (χ3v) is 3.27. The number of benzene rings is 1. The Kier molecular flexibility index (Phi) is 4.93. The molecule has 0 aliphatic heterocycles. The van der Waals surface area contributed by atoms with Crippen molar-refractivity contribution >= 4 is 5.91 Å². The fourth-order valence-electron chi connectivity index (χ4n) is 2.06. The first-order chi connectivity index (χ1) is 10.1. The summed E-state index contributed by atoms with van der Waals surface area (Å²) in [5.41, 5.74) is 1.68. The molecule has 0 unspecified atom stereocenters. The van der Waals surface area contributed by atoms with Gasteiger partial charge in [-0.05, 0) is 25.5 Å². The van der Waals surface area contributed by atoms with E-state index in [0.29, 0.717) is 18.0 Å². The number of hydrogen-bond acceptors (Lipinski definition) is 3. The summed E-state index contributed by atoms with van der Waals surface area (Å²) in [4.78, 5) is 18.6. The van der Waals surface area contributed by atoms with Gasteiger partial charge in [-0.15, -0.1) is 0 Å². The summed E-state index contributed by atoms with van der Waals surface area (Å²) in [6, 6.07) is 13.5. The van der Waals surface area contributed by atoms with Gasteiger partial charge in [0.05, 0.1) is 12.7 Å². The van der Waals surface area contributed by atoms with Crippen LogP contribution in [0, 0.1) is 0 Å². The molecule has 1 aromatic carbocycles. The van der Waals surface area contributed by atoms with Crippen LogP contribution in [0.4, 0.5) is 0 Å². The molecule has 0 saturated carbocycles. The highest BCUT2D eigenvalue weighted by molar-refractivity contribution is 5.94. The molecule has 1 heterocycles. The van der Waals surface area contributed by atoms with Crippen molar-refractivity contribution in [3.05, 3.63) is 59.8 Å². The molecule has 21 heavy (non-hydrogen) atoms. The van der Waals surface area contributed by atoms with Crippen LogP contribution in [0.1, 0.15) is 29.8 Å². The van der Waals surface area contributed by atoms with E-state index in [1.54, 1.807) is 25.4 Å². The second-order valence-corrected chi connectivity index (χ2v) is 5.10. The number of ether oxygens (including phenoxy) is 1. The number of aromatic nitrogens is 1. The van der Waals surface area contributed by atoms with Crippen molar-refractivity contribution in [3.63, 3.8) is 0 Å². The predicted octanol–water partition coefficient (Wildman–Crippen LogP) is 3.14. The standard InChI is InChI=1S/C17H20N2O2/c1-13(2)19(12-14-7-5-4-6-8-14)17(20)15-9-10-16(21-3)18-11-15/h4-11,13H,12H2,1-3H3. The van der Waals surface area contributed by atoms with E-state index in [2.05, 4.69) is 4.98 Å². The largest absolute Gasteiger partial charge is 0.481 e. The summed E-state index contributed by atoms with van der Waals surface area (Å²) in [7, 11) is 1.56. The zero-order chi connectivity index (χ0) is 15.2. The number of carbonyl (C=O) groups excluding carboxylic acids is 1. The SMILES string of the molecule is COc1ccc(C(=O)N(Cc2ccccc2)C(C)C)cn1. The normalized spacial score (nSPS) is 10.5. The summed E-state index contributed by atoms with van der Waals surface area (Å²) in [5, 5.41) is 0. The molecule has 2 rings (SSSR count). The predicted molar refractivity (Wildman–Crippen MR) is 82.2 cm³/mol. The van der Waals surface area contributed by atoms with Gasteiger partial charge < -0.3 is 9.64 Å². The van der Waals surface area contributed by atoms with Crippen LogP contribution in [0.3, 0.4) is 0 Å². The van der Waals surface area contributed by atoms with Crippen LogP contribution in [-0.4, -0.2) is 28.9 Å². The molecule has 0 N–H and O–H groups in total. The van der Waals surface area contributed by atoms with E-state index < -0.39 is 0 Å². The zero-order valence-corrected chi connectivity index (χ0v) is 12.6. The summed E-state index contributed by atoms with van der Waals surface area (Å²) in [6.45, 7) is 4.61. The Morgan fingerprint density at radius 1 is 1.19 bits per heavy atom. The van der Waals surface area contributed by atoms with Gasteiger partial charge in [-0.2, -0.15) is 0 Å². The summed E-state index contributed by atoms with van der Waals surface area (Å²) in [5.74, 6) is 0.481. The Labute approximate surface area is 125 Å². The highest BCUT2D eigenvalue weighted by Crippen LogP contribution is 2.14. The van der Waals surface area contributed by atoms with Crippen LogP contribution in [0.2, 0.25) is 0 Å². The Bertz CT molecular complexity index is 579. The number of carbonyl (C=O) groups is 1. The van der Waals surface area contributed by atoms with E-state index in [1.165, 1.54) is 0 Å². The number of methoxy groups -OCH3 is 1. The second-order valence-electron chi connectivity index (χ2n) is 5.10. The van der Waals surface area contributed by atoms with E-state index in [-0.39, 0.29) is 11.9 Å². The Morgan fingerprint density at radius 2 is 1.90 bits per heavy atom. The third-order valence-electron chi connectivity index (χ3n) is 3.27. The molecule has 4 nitrogen and oxygen atoms in total. The molecule has 1 amide bonds. The number of pyridine rings is 1. The van der Waals surface area contributed by atoms with Crippen LogP contribution < -0.4 is 4.74 Å². The number of rotatable bonds is 5. The van der Waals surface area contributed by atoms with Crippen LogP contribution in [-0.2, 0) is 6.54 Å². The summed E-state index contributed by atoms with van der Waals surface area (Å²) >= 11 is 0. The minimum Gasteiger partial charge on any atom is -0.481 e. The fourth-order valence-corrected chi connectivity index (χ4v) is 2.06. The van der Waals surface area contributed by atoms with Gasteiger partial charge in [-0.1, -0.05) is 30.3 Å². The van der Waals surface area contributed by atoms with Crippen molar-refractivity contribution in [2.75, 3.05) is 7.11 Å².